The van der Waals surface area contributed by atoms with Crippen LogP contribution in [-0.4, -0.2) is 29.6 Å². The van der Waals surface area contributed by atoms with Gasteiger partial charge in [-0.3, -0.25) is 4.79 Å². The third-order valence-corrected chi connectivity index (χ3v) is 5.89. The molecular weight excluding hydrogens is 337 g/mol. The molecule has 2 aromatic rings. The number of aromatic nitrogens is 1. The molecule has 4 nitrogen and oxygen atoms in total. The lowest BCUT2D eigenvalue weighted by molar-refractivity contribution is -0.122. The van der Waals surface area contributed by atoms with Gasteiger partial charge in [0.15, 0.2) is 0 Å². The van der Waals surface area contributed by atoms with Gasteiger partial charge in [-0.25, -0.2) is 9.37 Å². The lowest BCUT2D eigenvalue weighted by Gasteiger charge is -2.15. The molecule has 1 aliphatic rings. The van der Waals surface area contributed by atoms with E-state index in [1.165, 1.54) is 5.56 Å². The molecule has 1 aromatic heterocycles. The maximum absolute atomic E-state index is 13.2. The number of alkyl halides is 1. The summed E-state index contributed by atoms with van der Waals surface area (Å²) in [6, 6.07) is 8.12. The molecule has 1 aliphatic heterocycles. The van der Waals surface area contributed by atoms with Crippen molar-refractivity contribution in [3.8, 4) is 10.6 Å². The van der Waals surface area contributed by atoms with Gasteiger partial charge >= 0.3 is 0 Å². The summed E-state index contributed by atoms with van der Waals surface area (Å²) < 4.78 is 13.2. The molecule has 0 radical (unpaired) electrons. The molecule has 0 spiro atoms. The van der Waals surface area contributed by atoms with Crippen LogP contribution < -0.4 is 10.6 Å². The maximum Gasteiger partial charge on any atom is 0.222 e. The van der Waals surface area contributed by atoms with Crippen LogP contribution >= 0.6 is 11.3 Å². The van der Waals surface area contributed by atoms with Crippen molar-refractivity contribution in [1.29, 1.82) is 0 Å². The van der Waals surface area contributed by atoms with Crippen molar-refractivity contribution >= 4 is 17.2 Å². The van der Waals surface area contributed by atoms with E-state index in [4.69, 9.17) is 0 Å². The van der Waals surface area contributed by atoms with E-state index < -0.39 is 6.17 Å². The number of carbonyl (C=O) groups excluding carboxylic acids is 1. The molecule has 0 aliphatic carbocycles. The number of nitrogens with zero attached hydrogens (tertiary/aromatic N) is 1. The summed E-state index contributed by atoms with van der Waals surface area (Å²) in [4.78, 5) is 17.9. The molecule has 2 heterocycles. The largest absolute Gasteiger partial charge is 0.349 e. The number of amides is 1. The highest BCUT2D eigenvalue weighted by Gasteiger charge is 2.26. The zero-order valence-corrected chi connectivity index (χ0v) is 15.6. The monoisotopic (exact) mass is 361 g/mol. The standard InChI is InChI=1S/C19H24FN3OS/c1-11-4-6-14(7-5-11)19-23-13(3)18(25-19)12(2)22-17(24)9-16-8-15(20)10-21-16/h4-7,12,15-16,21H,8-10H2,1-3H3,(H,22,24)/t12?,15-,16-/m0/s1. The van der Waals surface area contributed by atoms with Gasteiger partial charge in [0, 0.05) is 24.6 Å². The van der Waals surface area contributed by atoms with Gasteiger partial charge in [0.05, 0.1) is 16.6 Å². The maximum atomic E-state index is 13.2. The van der Waals surface area contributed by atoms with E-state index in [0.29, 0.717) is 19.4 Å². The number of thiazole rings is 1. The number of hydrogen-bond donors (Lipinski definition) is 2. The zero-order valence-electron chi connectivity index (χ0n) is 14.8. The van der Waals surface area contributed by atoms with Crippen LogP contribution in [0.5, 0.6) is 0 Å². The van der Waals surface area contributed by atoms with Crippen LogP contribution in [0.2, 0.25) is 0 Å². The van der Waals surface area contributed by atoms with Crippen molar-refractivity contribution in [2.75, 3.05) is 6.54 Å². The minimum Gasteiger partial charge on any atom is -0.349 e. The summed E-state index contributed by atoms with van der Waals surface area (Å²) >= 11 is 1.61. The van der Waals surface area contributed by atoms with E-state index in [2.05, 4.69) is 46.8 Å². The molecular formula is C19H24FN3OS. The van der Waals surface area contributed by atoms with E-state index in [1.54, 1.807) is 11.3 Å². The van der Waals surface area contributed by atoms with Crippen molar-refractivity contribution in [2.24, 2.45) is 0 Å². The van der Waals surface area contributed by atoms with Gasteiger partial charge in [-0.15, -0.1) is 11.3 Å². The SMILES string of the molecule is Cc1ccc(-c2nc(C)c(C(C)NC(=O)C[C@@H]3C[C@H](F)CN3)s2)cc1. The van der Waals surface area contributed by atoms with Gasteiger partial charge in [-0.05, 0) is 27.2 Å². The average molecular weight is 361 g/mol. The zero-order chi connectivity index (χ0) is 18.0. The molecule has 6 heteroatoms. The lowest BCUT2D eigenvalue weighted by atomic mass is 10.1. The van der Waals surface area contributed by atoms with Gasteiger partial charge in [-0.1, -0.05) is 29.8 Å². The number of benzene rings is 1. The smallest absolute Gasteiger partial charge is 0.222 e. The number of aryl methyl sites for hydroxylation is 2. The summed E-state index contributed by atoms with van der Waals surface area (Å²) in [6.45, 7) is 6.35. The normalized spacial score (nSPS) is 21.3. The van der Waals surface area contributed by atoms with Crippen LogP contribution in [0.25, 0.3) is 10.6 Å². The topological polar surface area (TPSA) is 54.0 Å². The molecule has 0 saturated carbocycles. The molecule has 134 valence electrons. The molecule has 1 fully saturated rings. The predicted molar refractivity (Wildman–Crippen MR) is 99.5 cm³/mol. The average Bonchev–Trinajstić information content (AvgIpc) is 3.13. The Morgan fingerprint density at radius 1 is 1.40 bits per heavy atom. The van der Waals surface area contributed by atoms with Crippen LogP contribution in [-0.2, 0) is 4.79 Å². The first kappa shape index (κ1) is 18.0. The van der Waals surface area contributed by atoms with Crippen LogP contribution in [0.4, 0.5) is 4.39 Å². The van der Waals surface area contributed by atoms with Crippen molar-refractivity contribution in [1.82, 2.24) is 15.6 Å². The van der Waals surface area contributed by atoms with Gasteiger partial charge in [0.1, 0.15) is 11.2 Å². The first-order valence-corrected chi connectivity index (χ1v) is 9.45. The number of nitrogens with one attached hydrogen (secondary N) is 2. The summed E-state index contributed by atoms with van der Waals surface area (Å²) in [5, 5.41) is 7.03. The highest BCUT2D eigenvalue weighted by atomic mass is 32.1. The first-order valence-electron chi connectivity index (χ1n) is 8.63. The van der Waals surface area contributed by atoms with Crippen LogP contribution in [0.15, 0.2) is 24.3 Å². The predicted octanol–water partition coefficient (Wildman–Crippen LogP) is 3.69. The van der Waals surface area contributed by atoms with Crippen molar-refractivity contribution < 1.29 is 9.18 Å². The molecule has 1 aromatic carbocycles. The molecule has 1 amide bonds. The second-order valence-electron chi connectivity index (χ2n) is 6.77. The molecule has 0 bridgehead atoms. The summed E-state index contributed by atoms with van der Waals surface area (Å²) in [5.41, 5.74) is 3.25. The lowest BCUT2D eigenvalue weighted by Crippen LogP contribution is -2.33. The Labute approximate surface area is 151 Å². The van der Waals surface area contributed by atoms with Gasteiger partial charge in [-0.2, -0.15) is 0 Å². The van der Waals surface area contributed by atoms with Gasteiger partial charge < -0.3 is 10.6 Å². The molecule has 3 rings (SSSR count). The Kier molecular flexibility index (Phi) is 5.49. The van der Waals surface area contributed by atoms with Gasteiger partial charge in [0.2, 0.25) is 5.91 Å². The minimum absolute atomic E-state index is 0.0521. The van der Waals surface area contributed by atoms with Crippen LogP contribution in [0.3, 0.4) is 0 Å². The van der Waals surface area contributed by atoms with E-state index in [-0.39, 0.29) is 18.0 Å². The summed E-state index contributed by atoms with van der Waals surface area (Å²) in [5.74, 6) is -0.0521. The molecule has 2 N–H and O–H groups in total. The highest BCUT2D eigenvalue weighted by molar-refractivity contribution is 7.15. The first-order chi connectivity index (χ1) is 11.9. The van der Waals surface area contributed by atoms with E-state index >= 15 is 0 Å². The fourth-order valence-electron chi connectivity index (χ4n) is 3.14. The number of carbonyl (C=O) groups is 1. The third-order valence-electron chi connectivity index (χ3n) is 4.50. The number of rotatable bonds is 5. The molecule has 1 unspecified atom stereocenters. The van der Waals surface area contributed by atoms with Crippen molar-refractivity contribution in [3.05, 3.63) is 40.4 Å². The van der Waals surface area contributed by atoms with Crippen molar-refractivity contribution in [3.63, 3.8) is 0 Å². The minimum atomic E-state index is -0.837. The second-order valence-corrected chi connectivity index (χ2v) is 7.80. The Morgan fingerprint density at radius 2 is 2.12 bits per heavy atom. The Bertz CT molecular complexity index is 744. The Morgan fingerprint density at radius 3 is 2.76 bits per heavy atom. The number of hydrogen-bond acceptors (Lipinski definition) is 4. The Hall–Kier alpha value is -1.79. The summed E-state index contributed by atoms with van der Waals surface area (Å²) in [6.07, 6.45) is -0.108. The highest BCUT2D eigenvalue weighted by Crippen LogP contribution is 2.32. The Balaban J connectivity index is 1.64. The summed E-state index contributed by atoms with van der Waals surface area (Å²) in [7, 11) is 0. The van der Waals surface area contributed by atoms with Gasteiger partial charge in [0.25, 0.3) is 0 Å². The fraction of sp³-hybridized carbons (Fsp3) is 0.474. The van der Waals surface area contributed by atoms with Crippen LogP contribution in [0.1, 0.15) is 41.9 Å². The van der Waals surface area contributed by atoms with E-state index in [9.17, 15) is 9.18 Å². The number of halogens is 1. The van der Waals surface area contributed by atoms with Crippen LogP contribution in [0, 0.1) is 13.8 Å². The molecule has 1 saturated heterocycles. The fourth-order valence-corrected chi connectivity index (χ4v) is 4.22. The third kappa shape index (κ3) is 4.44. The van der Waals surface area contributed by atoms with Crippen molar-refractivity contribution in [2.45, 2.75) is 51.9 Å². The second kappa shape index (κ2) is 7.62. The molecule has 25 heavy (non-hydrogen) atoms. The quantitative estimate of drug-likeness (QED) is 0.854. The van der Waals surface area contributed by atoms with E-state index in [0.717, 1.165) is 21.1 Å². The van der Waals surface area contributed by atoms with E-state index in [1.807, 2.05) is 13.8 Å². The molecule has 3 atom stereocenters.